The lowest BCUT2D eigenvalue weighted by molar-refractivity contribution is 0.0954. The molecular formula is C24H26N2O4S. The van der Waals surface area contributed by atoms with Gasteiger partial charge in [-0.1, -0.05) is 24.3 Å². The molecule has 3 rings (SSSR count). The molecule has 31 heavy (non-hydrogen) atoms. The standard InChI is InChI=1S/C24H26N2O4S/c1-17-8-11-21(16-18(17)2)26-31(28,29)22-12-9-20(10-13-22)24(27)25-15-14-19-6-4-5-7-23(19)30-3/h4-13,16,26H,14-15H2,1-3H3,(H,25,27). The van der Waals surface area contributed by atoms with Crippen LogP contribution in [-0.4, -0.2) is 28.0 Å². The fraction of sp³-hybridized carbons (Fsp3) is 0.208. The molecule has 0 aliphatic heterocycles. The van der Waals surface area contributed by atoms with E-state index >= 15 is 0 Å². The molecule has 0 aliphatic carbocycles. The molecule has 162 valence electrons. The Labute approximate surface area is 183 Å². The van der Waals surface area contributed by atoms with E-state index in [-0.39, 0.29) is 10.8 Å². The molecule has 0 saturated carbocycles. The molecule has 0 heterocycles. The van der Waals surface area contributed by atoms with Crippen LogP contribution in [0.15, 0.2) is 71.6 Å². The number of carbonyl (C=O) groups excluding carboxylic acids is 1. The van der Waals surface area contributed by atoms with E-state index in [2.05, 4.69) is 10.0 Å². The first-order valence-electron chi connectivity index (χ1n) is 9.90. The molecular weight excluding hydrogens is 412 g/mol. The molecule has 7 heteroatoms. The number of aryl methyl sites for hydroxylation is 2. The Morgan fingerprint density at radius 1 is 0.935 bits per heavy atom. The molecule has 0 atom stereocenters. The molecule has 0 unspecified atom stereocenters. The van der Waals surface area contributed by atoms with Crippen LogP contribution in [0, 0.1) is 13.8 Å². The van der Waals surface area contributed by atoms with Gasteiger partial charge in [-0.2, -0.15) is 0 Å². The maximum Gasteiger partial charge on any atom is 0.261 e. The first-order chi connectivity index (χ1) is 14.8. The molecule has 0 fully saturated rings. The summed E-state index contributed by atoms with van der Waals surface area (Å²) in [6.07, 6.45) is 0.627. The van der Waals surface area contributed by atoms with E-state index in [9.17, 15) is 13.2 Å². The lowest BCUT2D eigenvalue weighted by atomic mass is 10.1. The van der Waals surface area contributed by atoms with Gasteiger partial charge in [0.25, 0.3) is 15.9 Å². The highest BCUT2D eigenvalue weighted by molar-refractivity contribution is 7.92. The summed E-state index contributed by atoms with van der Waals surface area (Å²) in [5.74, 6) is 0.517. The number of hydrogen-bond donors (Lipinski definition) is 2. The number of carbonyl (C=O) groups is 1. The maximum atomic E-state index is 12.6. The highest BCUT2D eigenvalue weighted by Crippen LogP contribution is 2.20. The normalized spacial score (nSPS) is 11.1. The van der Waals surface area contributed by atoms with Gasteiger partial charge < -0.3 is 10.1 Å². The van der Waals surface area contributed by atoms with Gasteiger partial charge in [-0.3, -0.25) is 9.52 Å². The summed E-state index contributed by atoms with van der Waals surface area (Å²) in [5.41, 5.74) is 3.99. The molecule has 0 aliphatic rings. The summed E-state index contributed by atoms with van der Waals surface area (Å²) in [7, 11) is -2.13. The number of hydrogen-bond acceptors (Lipinski definition) is 4. The van der Waals surface area contributed by atoms with Crippen LogP contribution in [0.3, 0.4) is 0 Å². The summed E-state index contributed by atoms with van der Waals surface area (Å²) in [5, 5.41) is 2.85. The lowest BCUT2D eigenvalue weighted by Crippen LogP contribution is -2.25. The summed E-state index contributed by atoms with van der Waals surface area (Å²) in [4.78, 5) is 12.5. The zero-order chi connectivity index (χ0) is 22.4. The van der Waals surface area contributed by atoms with Crippen molar-refractivity contribution in [3.63, 3.8) is 0 Å². The van der Waals surface area contributed by atoms with Gasteiger partial charge in [0.15, 0.2) is 0 Å². The number of amides is 1. The van der Waals surface area contributed by atoms with Crippen molar-refractivity contribution < 1.29 is 17.9 Å². The topological polar surface area (TPSA) is 84.5 Å². The van der Waals surface area contributed by atoms with Crippen LogP contribution in [0.5, 0.6) is 5.75 Å². The van der Waals surface area contributed by atoms with E-state index in [0.29, 0.717) is 24.2 Å². The van der Waals surface area contributed by atoms with Crippen molar-refractivity contribution in [1.82, 2.24) is 5.32 Å². The lowest BCUT2D eigenvalue weighted by Gasteiger charge is -2.11. The molecule has 2 N–H and O–H groups in total. The largest absolute Gasteiger partial charge is 0.496 e. The van der Waals surface area contributed by atoms with Crippen molar-refractivity contribution in [1.29, 1.82) is 0 Å². The summed E-state index contributed by atoms with van der Waals surface area (Å²) >= 11 is 0. The fourth-order valence-corrected chi connectivity index (χ4v) is 4.18. The highest BCUT2D eigenvalue weighted by Gasteiger charge is 2.15. The molecule has 1 amide bonds. The Morgan fingerprint density at radius 3 is 2.32 bits per heavy atom. The molecule has 0 aromatic heterocycles. The van der Waals surface area contributed by atoms with Crippen LogP contribution >= 0.6 is 0 Å². The van der Waals surface area contributed by atoms with Crippen molar-refractivity contribution >= 4 is 21.6 Å². The molecule has 0 bridgehead atoms. The Morgan fingerprint density at radius 2 is 1.65 bits per heavy atom. The van der Waals surface area contributed by atoms with E-state index < -0.39 is 10.0 Å². The van der Waals surface area contributed by atoms with Crippen molar-refractivity contribution in [2.45, 2.75) is 25.2 Å². The zero-order valence-corrected chi connectivity index (χ0v) is 18.6. The van der Waals surface area contributed by atoms with Gasteiger partial charge in [-0.25, -0.2) is 8.42 Å². The second kappa shape index (κ2) is 9.66. The van der Waals surface area contributed by atoms with Gasteiger partial charge in [0.05, 0.1) is 12.0 Å². The first-order valence-corrected chi connectivity index (χ1v) is 11.4. The van der Waals surface area contributed by atoms with Gasteiger partial charge in [-0.05, 0) is 79.4 Å². The van der Waals surface area contributed by atoms with E-state index in [4.69, 9.17) is 4.74 Å². The van der Waals surface area contributed by atoms with E-state index in [1.807, 2.05) is 44.2 Å². The van der Waals surface area contributed by atoms with Crippen molar-refractivity contribution in [2.75, 3.05) is 18.4 Å². The Balaban J connectivity index is 1.62. The zero-order valence-electron chi connectivity index (χ0n) is 17.8. The minimum absolute atomic E-state index is 0.0938. The molecule has 0 spiro atoms. The number of nitrogens with one attached hydrogen (secondary N) is 2. The number of methoxy groups -OCH3 is 1. The second-order valence-electron chi connectivity index (χ2n) is 7.25. The van der Waals surface area contributed by atoms with Gasteiger partial charge in [0.2, 0.25) is 0 Å². The van der Waals surface area contributed by atoms with Crippen LogP contribution in [0.1, 0.15) is 27.0 Å². The third-order valence-corrected chi connectivity index (χ3v) is 6.46. The van der Waals surface area contributed by atoms with Crippen LogP contribution < -0.4 is 14.8 Å². The quantitative estimate of drug-likeness (QED) is 0.555. The Kier molecular flexibility index (Phi) is 6.97. The number of ether oxygens (including phenoxy) is 1. The van der Waals surface area contributed by atoms with Gasteiger partial charge >= 0.3 is 0 Å². The van der Waals surface area contributed by atoms with Gasteiger partial charge in [0, 0.05) is 17.8 Å². The number of sulfonamides is 1. The van der Waals surface area contributed by atoms with E-state index in [1.54, 1.807) is 19.2 Å². The van der Waals surface area contributed by atoms with Crippen LogP contribution in [0.2, 0.25) is 0 Å². The predicted octanol–water partition coefficient (Wildman–Crippen LogP) is 4.09. The summed E-state index contributed by atoms with van der Waals surface area (Å²) in [6, 6.07) is 18.9. The monoisotopic (exact) mass is 438 g/mol. The average Bonchev–Trinajstić information content (AvgIpc) is 2.76. The number of anilines is 1. The third kappa shape index (κ3) is 5.64. The predicted molar refractivity (Wildman–Crippen MR) is 122 cm³/mol. The van der Waals surface area contributed by atoms with Crippen LogP contribution in [0.4, 0.5) is 5.69 Å². The summed E-state index contributed by atoms with van der Waals surface area (Å²) < 4.78 is 33.2. The molecule has 3 aromatic carbocycles. The number of rotatable bonds is 8. The van der Waals surface area contributed by atoms with E-state index in [0.717, 1.165) is 22.4 Å². The molecule has 0 radical (unpaired) electrons. The smallest absolute Gasteiger partial charge is 0.261 e. The van der Waals surface area contributed by atoms with Gasteiger partial charge in [-0.15, -0.1) is 0 Å². The van der Waals surface area contributed by atoms with Crippen LogP contribution in [0.25, 0.3) is 0 Å². The van der Waals surface area contributed by atoms with Crippen molar-refractivity contribution in [3.05, 3.63) is 89.0 Å². The summed E-state index contributed by atoms with van der Waals surface area (Å²) in [6.45, 7) is 4.33. The minimum atomic E-state index is -3.74. The minimum Gasteiger partial charge on any atom is -0.496 e. The Hall–Kier alpha value is -3.32. The van der Waals surface area contributed by atoms with Gasteiger partial charge in [0.1, 0.15) is 5.75 Å². The fourth-order valence-electron chi connectivity index (χ4n) is 3.13. The van der Waals surface area contributed by atoms with Crippen molar-refractivity contribution in [3.8, 4) is 5.75 Å². The number of benzene rings is 3. The molecule has 3 aromatic rings. The first kappa shape index (κ1) is 22.4. The second-order valence-corrected chi connectivity index (χ2v) is 8.93. The SMILES string of the molecule is COc1ccccc1CCNC(=O)c1ccc(S(=O)(=O)Nc2ccc(C)c(C)c2)cc1. The molecule has 6 nitrogen and oxygen atoms in total. The van der Waals surface area contributed by atoms with Crippen LogP contribution in [-0.2, 0) is 16.4 Å². The maximum absolute atomic E-state index is 12.6. The van der Waals surface area contributed by atoms with Crippen molar-refractivity contribution in [2.24, 2.45) is 0 Å². The average molecular weight is 439 g/mol. The highest BCUT2D eigenvalue weighted by atomic mass is 32.2. The Bertz CT molecular complexity index is 1170. The molecule has 0 saturated heterocycles. The number of para-hydroxylation sites is 1. The van der Waals surface area contributed by atoms with E-state index in [1.165, 1.54) is 24.3 Å². The third-order valence-electron chi connectivity index (χ3n) is 5.06.